The van der Waals surface area contributed by atoms with Crippen LogP contribution in [0.15, 0.2) is 48.5 Å². The monoisotopic (exact) mass is 385 g/mol. The Morgan fingerprint density at radius 2 is 1.39 bits per heavy atom. The molecule has 0 spiro atoms. The minimum Gasteiger partial charge on any atom is -0.497 e. The smallest absolute Gasteiger partial charge is 0.321 e. The summed E-state index contributed by atoms with van der Waals surface area (Å²) in [5.41, 5.74) is 0.765. The fraction of sp³-hybridized carbons (Fsp3) is 0.381. The zero-order chi connectivity index (χ0) is 19.8. The van der Waals surface area contributed by atoms with Crippen LogP contribution in [-0.2, 0) is 0 Å². The molecule has 150 valence electrons. The summed E-state index contributed by atoms with van der Waals surface area (Å²) in [4.78, 5) is 16.6. The van der Waals surface area contributed by atoms with E-state index in [-0.39, 0.29) is 6.03 Å². The van der Waals surface area contributed by atoms with E-state index in [1.807, 2.05) is 53.4 Å². The van der Waals surface area contributed by atoms with E-state index in [0.29, 0.717) is 19.7 Å². The summed E-state index contributed by atoms with van der Waals surface area (Å²) in [7, 11) is 3.27. The van der Waals surface area contributed by atoms with E-state index >= 15 is 0 Å². The number of nitrogens with one attached hydrogen (secondary N) is 1. The molecule has 1 aliphatic heterocycles. The molecule has 1 N–H and O–H groups in total. The third-order valence-corrected chi connectivity index (χ3v) is 4.74. The van der Waals surface area contributed by atoms with Crippen LogP contribution < -0.4 is 19.5 Å². The van der Waals surface area contributed by atoms with Gasteiger partial charge in [0.2, 0.25) is 0 Å². The maximum absolute atomic E-state index is 12.4. The Morgan fingerprint density at radius 3 is 1.96 bits per heavy atom. The van der Waals surface area contributed by atoms with Gasteiger partial charge in [-0.3, -0.25) is 4.90 Å². The molecular weight excluding hydrogens is 358 g/mol. The van der Waals surface area contributed by atoms with Crippen molar-refractivity contribution in [2.45, 2.75) is 0 Å². The molecule has 2 aromatic carbocycles. The Kier molecular flexibility index (Phi) is 6.97. The molecule has 7 nitrogen and oxygen atoms in total. The number of carbonyl (C=O) groups is 1. The van der Waals surface area contributed by atoms with E-state index in [0.717, 1.165) is 42.6 Å². The Labute approximate surface area is 165 Å². The van der Waals surface area contributed by atoms with Crippen LogP contribution in [0.25, 0.3) is 0 Å². The minimum absolute atomic E-state index is 0.0701. The summed E-state index contributed by atoms with van der Waals surface area (Å²) < 4.78 is 16.0. The van der Waals surface area contributed by atoms with Crippen molar-refractivity contribution >= 4 is 11.7 Å². The lowest BCUT2D eigenvalue weighted by molar-refractivity contribution is 0.132. The number of ether oxygens (including phenoxy) is 3. The molecule has 1 fully saturated rings. The number of nitrogens with zero attached hydrogens (tertiary/aromatic N) is 2. The summed E-state index contributed by atoms with van der Waals surface area (Å²) in [6.45, 7) is 4.52. The van der Waals surface area contributed by atoms with Crippen LogP contribution >= 0.6 is 0 Å². The van der Waals surface area contributed by atoms with Crippen molar-refractivity contribution in [2.24, 2.45) is 0 Å². The van der Waals surface area contributed by atoms with Crippen LogP contribution in [0.4, 0.5) is 10.5 Å². The van der Waals surface area contributed by atoms with Gasteiger partial charge in [-0.1, -0.05) is 0 Å². The maximum atomic E-state index is 12.4. The van der Waals surface area contributed by atoms with Gasteiger partial charge < -0.3 is 24.4 Å². The summed E-state index contributed by atoms with van der Waals surface area (Å²) in [5, 5.41) is 2.93. The summed E-state index contributed by atoms with van der Waals surface area (Å²) in [6, 6.07) is 14.8. The molecule has 1 heterocycles. The number of carbonyl (C=O) groups excluding carboxylic acids is 1. The van der Waals surface area contributed by atoms with Gasteiger partial charge in [0.05, 0.1) is 14.2 Å². The van der Waals surface area contributed by atoms with Crippen molar-refractivity contribution in [1.82, 2.24) is 9.80 Å². The third-order valence-electron chi connectivity index (χ3n) is 4.74. The second-order valence-corrected chi connectivity index (χ2v) is 6.51. The van der Waals surface area contributed by atoms with Crippen molar-refractivity contribution in [2.75, 3.05) is 58.9 Å². The molecule has 0 unspecified atom stereocenters. The number of amides is 2. The molecule has 28 heavy (non-hydrogen) atoms. The molecule has 2 amide bonds. The molecule has 0 aromatic heterocycles. The molecule has 0 bridgehead atoms. The summed E-state index contributed by atoms with van der Waals surface area (Å²) >= 11 is 0. The number of urea groups is 1. The van der Waals surface area contributed by atoms with Gasteiger partial charge in [-0.15, -0.1) is 0 Å². The van der Waals surface area contributed by atoms with Crippen LogP contribution in [0, 0.1) is 0 Å². The van der Waals surface area contributed by atoms with Crippen molar-refractivity contribution in [1.29, 1.82) is 0 Å². The highest BCUT2D eigenvalue weighted by molar-refractivity contribution is 5.89. The van der Waals surface area contributed by atoms with E-state index in [4.69, 9.17) is 14.2 Å². The fourth-order valence-electron chi connectivity index (χ4n) is 3.02. The van der Waals surface area contributed by atoms with Crippen molar-refractivity contribution in [3.05, 3.63) is 48.5 Å². The number of hydrogen-bond donors (Lipinski definition) is 1. The highest BCUT2D eigenvalue weighted by Gasteiger charge is 2.21. The van der Waals surface area contributed by atoms with Gasteiger partial charge in [0.25, 0.3) is 0 Å². The topological polar surface area (TPSA) is 63.3 Å². The van der Waals surface area contributed by atoms with Crippen LogP contribution in [0.2, 0.25) is 0 Å². The molecule has 7 heteroatoms. The number of rotatable bonds is 7. The van der Waals surface area contributed by atoms with Gasteiger partial charge in [-0.25, -0.2) is 4.79 Å². The second kappa shape index (κ2) is 9.85. The van der Waals surface area contributed by atoms with E-state index in [1.54, 1.807) is 14.2 Å². The highest BCUT2D eigenvalue weighted by Crippen LogP contribution is 2.17. The normalized spacial score (nSPS) is 14.4. The van der Waals surface area contributed by atoms with Crippen LogP contribution in [0.1, 0.15) is 0 Å². The molecule has 3 rings (SSSR count). The van der Waals surface area contributed by atoms with Gasteiger partial charge in [-0.05, 0) is 48.5 Å². The minimum atomic E-state index is -0.0701. The molecule has 1 aliphatic rings. The Balaban J connectivity index is 1.36. The summed E-state index contributed by atoms with van der Waals surface area (Å²) in [6.07, 6.45) is 0. The lowest BCUT2D eigenvalue weighted by Gasteiger charge is -2.34. The van der Waals surface area contributed by atoms with Crippen molar-refractivity contribution < 1.29 is 19.0 Å². The highest BCUT2D eigenvalue weighted by atomic mass is 16.5. The molecule has 1 saturated heterocycles. The lowest BCUT2D eigenvalue weighted by atomic mass is 10.3. The van der Waals surface area contributed by atoms with Crippen LogP contribution in [-0.4, -0.2) is 69.4 Å². The predicted octanol–water partition coefficient (Wildman–Crippen LogP) is 2.93. The zero-order valence-electron chi connectivity index (χ0n) is 16.4. The SMILES string of the molecule is COc1ccc(NC(=O)N2CCN(CCOc3ccc(OC)cc3)CC2)cc1. The first-order chi connectivity index (χ1) is 13.7. The van der Waals surface area contributed by atoms with E-state index < -0.39 is 0 Å². The molecular formula is C21H27N3O4. The Morgan fingerprint density at radius 1 is 0.857 bits per heavy atom. The molecule has 0 saturated carbocycles. The van der Waals surface area contributed by atoms with E-state index in [1.165, 1.54) is 0 Å². The average molecular weight is 385 g/mol. The number of hydrogen-bond acceptors (Lipinski definition) is 5. The van der Waals surface area contributed by atoms with Gasteiger partial charge in [0.1, 0.15) is 23.9 Å². The van der Waals surface area contributed by atoms with Crippen LogP contribution in [0.5, 0.6) is 17.2 Å². The number of methoxy groups -OCH3 is 2. The number of benzene rings is 2. The molecule has 0 atom stereocenters. The Bertz CT molecular complexity index is 741. The van der Waals surface area contributed by atoms with Crippen molar-refractivity contribution in [3.8, 4) is 17.2 Å². The third kappa shape index (κ3) is 5.53. The molecule has 0 aliphatic carbocycles. The van der Waals surface area contributed by atoms with Crippen LogP contribution in [0.3, 0.4) is 0 Å². The first kappa shape index (κ1) is 19.8. The second-order valence-electron chi connectivity index (χ2n) is 6.51. The standard InChI is InChI=1S/C21H27N3O4/c1-26-18-5-3-17(4-6-18)22-21(25)24-13-11-23(12-14-24)15-16-28-20-9-7-19(27-2)8-10-20/h3-10H,11-16H2,1-2H3,(H,22,25). The summed E-state index contributed by atoms with van der Waals surface area (Å²) in [5.74, 6) is 2.41. The molecule has 2 aromatic rings. The van der Waals surface area contributed by atoms with E-state index in [2.05, 4.69) is 10.2 Å². The first-order valence-electron chi connectivity index (χ1n) is 9.37. The van der Waals surface area contributed by atoms with Gasteiger partial charge >= 0.3 is 6.03 Å². The van der Waals surface area contributed by atoms with Gasteiger partial charge in [0.15, 0.2) is 0 Å². The average Bonchev–Trinajstić information content (AvgIpc) is 2.75. The van der Waals surface area contributed by atoms with Gasteiger partial charge in [0, 0.05) is 38.4 Å². The Hall–Kier alpha value is -2.93. The van der Waals surface area contributed by atoms with E-state index in [9.17, 15) is 4.79 Å². The number of anilines is 1. The predicted molar refractivity (Wildman–Crippen MR) is 109 cm³/mol. The zero-order valence-corrected chi connectivity index (χ0v) is 16.4. The number of piperazine rings is 1. The maximum Gasteiger partial charge on any atom is 0.321 e. The lowest BCUT2D eigenvalue weighted by Crippen LogP contribution is -2.50. The fourth-order valence-corrected chi connectivity index (χ4v) is 3.02. The quantitative estimate of drug-likeness (QED) is 0.794. The largest absolute Gasteiger partial charge is 0.497 e. The first-order valence-corrected chi connectivity index (χ1v) is 9.37. The molecule has 0 radical (unpaired) electrons. The van der Waals surface area contributed by atoms with Gasteiger partial charge in [-0.2, -0.15) is 0 Å². The van der Waals surface area contributed by atoms with Crippen molar-refractivity contribution in [3.63, 3.8) is 0 Å².